The van der Waals surface area contributed by atoms with Crippen molar-refractivity contribution in [2.45, 2.75) is 32.1 Å². The normalized spacial score (nSPS) is 14.0. The number of hydrogen-bond acceptors (Lipinski definition) is 6. The third kappa shape index (κ3) is 5.89. The van der Waals surface area contributed by atoms with E-state index in [1.54, 1.807) is 21.3 Å². The SMILES string of the molecule is COc1cc(-c2nc3c(Cc4ccccc4)cc(OCCCN4CCCCC4)cc3[nH]2)cc(OC)c1OC. The molecule has 0 radical (unpaired) electrons. The molecule has 1 aliphatic rings. The summed E-state index contributed by atoms with van der Waals surface area (Å²) in [6.07, 6.45) is 5.77. The van der Waals surface area contributed by atoms with Crippen molar-refractivity contribution in [3.05, 3.63) is 65.7 Å². The molecule has 1 saturated heterocycles. The van der Waals surface area contributed by atoms with E-state index in [-0.39, 0.29) is 0 Å². The van der Waals surface area contributed by atoms with Crippen LogP contribution in [0, 0.1) is 0 Å². The number of benzene rings is 3. The van der Waals surface area contributed by atoms with E-state index in [2.05, 4.69) is 46.3 Å². The molecule has 0 bridgehead atoms. The van der Waals surface area contributed by atoms with Crippen molar-refractivity contribution in [3.8, 4) is 34.4 Å². The van der Waals surface area contributed by atoms with Crippen molar-refractivity contribution >= 4 is 11.0 Å². The van der Waals surface area contributed by atoms with Gasteiger partial charge in [0.1, 0.15) is 11.6 Å². The molecule has 0 unspecified atom stereocenters. The second-order valence-electron chi connectivity index (χ2n) is 9.74. The number of aromatic nitrogens is 2. The van der Waals surface area contributed by atoms with Gasteiger partial charge in [-0.25, -0.2) is 4.98 Å². The summed E-state index contributed by atoms with van der Waals surface area (Å²) in [6.45, 7) is 4.21. The summed E-state index contributed by atoms with van der Waals surface area (Å²) < 4.78 is 22.9. The van der Waals surface area contributed by atoms with Gasteiger partial charge in [0, 0.05) is 18.2 Å². The first-order valence-corrected chi connectivity index (χ1v) is 13.4. The number of aromatic amines is 1. The van der Waals surface area contributed by atoms with E-state index in [4.69, 9.17) is 23.9 Å². The lowest BCUT2D eigenvalue weighted by Crippen LogP contribution is -2.31. The molecule has 0 spiro atoms. The van der Waals surface area contributed by atoms with Gasteiger partial charge in [-0.1, -0.05) is 36.8 Å². The molecule has 0 amide bonds. The number of methoxy groups -OCH3 is 3. The molecule has 7 heteroatoms. The van der Waals surface area contributed by atoms with Gasteiger partial charge in [0.15, 0.2) is 11.5 Å². The van der Waals surface area contributed by atoms with Crippen LogP contribution in [0.5, 0.6) is 23.0 Å². The molecule has 0 atom stereocenters. The van der Waals surface area contributed by atoms with Gasteiger partial charge >= 0.3 is 0 Å². The first kappa shape index (κ1) is 25.9. The molecule has 1 aliphatic heterocycles. The molecule has 1 N–H and O–H groups in total. The van der Waals surface area contributed by atoms with Gasteiger partial charge in [-0.15, -0.1) is 0 Å². The van der Waals surface area contributed by atoms with Crippen LogP contribution >= 0.6 is 0 Å². The molecule has 1 aromatic heterocycles. The predicted molar refractivity (Wildman–Crippen MR) is 151 cm³/mol. The van der Waals surface area contributed by atoms with E-state index < -0.39 is 0 Å². The minimum atomic E-state index is 0.555. The Labute approximate surface area is 224 Å². The Morgan fingerprint density at radius 3 is 2.29 bits per heavy atom. The van der Waals surface area contributed by atoms with Crippen molar-refractivity contribution in [2.75, 3.05) is 47.6 Å². The minimum absolute atomic E-state index is 0.555. The van der Waals surface area contributed by atoms with Crippen LogP contribution in [-0.4, -0.2) is 62.4 Å². The fourth-order valence-corrected chi connectivity index (χ4v) is 5.21. The van der Waals surface area contributed by atoms with E-state index in [1.165, 1.54) is 37.9 Å². The van der Waals surface area contributed by atoms with Gasteiger partial charge in [0.05, 0.1) is 39.0 Å². The molecule has 2 heterocycles. The topological polar surface area (TPSA) is 68.8 Å². The smallest absolute Gasteiger partial charge is 0.203 e. The number of nitrogens with one attached hydrogen (secondary N) is 1. The van der Waals surface area contributed by atoms with E-state index in [9.17, 15) is 0 Å². The number of piperidine rings is 1. The van der Waals surface area contributed by atoms with Crippen LogP contribution in [0.3, 0.4) is 0 Å². The fraction of sp³-hybridized carbons (Fsp3) is 0.387. The Balaban J connectivity index is 1.44. The molecule has 0 aliphatic carbocycles. The first-order chi connectivity index (χ1) is 18.7. The zero-order valence-electron chi connectivity index (χ0n) is 22.6. The van der Waals surface area contributed by atoms with Crippen molar-refractivity contribution in [2.24, 2.45) is 0 Å². The Kier molecular flexibility index (Phi) is 8.34. The van der Waals surface area contributed by atoms with Crippen LogP contribution in [0.2, 0.25) is 0 Å². The van der Waals surface area contributed by atoms with Gasteiger partial charge in [-0.2, -0.15) is 0 Å². The Bertz CT molecular complexity index is 1320. The lowest BCUT2D eigenvalue weighted by atomic mass is 10.0. The highest BCUT2D eigenvalue weighted by Crippen LogP contribution is 2.41. The van der Waals surface area contributed by atoms with Crippen LogP contribution in [0.1, 0.15) is 36.8 Å². The maximum absolute atomic E-state index is 6.27. The monoisotopic (exact) mass is 515 g/mol. The molecule has 3 aromatic carbocycles. The number of likely N-dealkylation sites (tertiary alicyclic amines) is 1. The largest absolute Gasteiger partial charge is 0.493 e. The van der Waals surface area contributed by atoms with Crippen molar-refractivity contribution in [3.63, 3.8) is 0 Å². The lowest BCUT2D eigenvalue weighted by Gasteiger charge is -2.26. The van der Waals surface area contributed by atoms with Crippen molar-refractivity contribution in [1.82, 2.24) is 14.9 Å². The molecule has 38 heavy (non-hydrogen) atoms. The van der Waals surface area contributed by atoms with Crippen molar-refractivity contribution < 1.29 is 18.9 Å². The summed E-state index contributed by atoms with van der Waals surface area (Å²) in [6, 6.07) is 18.5. The number of fused-ring (bicyclic) bond motifs is 1. The molecule has 0 saturated carbocycles. The Hall–Kier alpha value is -3.71. The molecular weight excluding hydrogens is 478 g/mol. The number of ether oxygens (including phenoxy) is 4. The Morgan fingerprint density at radius 1 is 0.868 bits per heavy atom. The summed E-state index contributed by atoms with van der Waals surface area (Å²) in [5, 5.41) is 0. The average molecular weight is 516 g/mol. The molecule has 200 valence electrons. The van der Waals surface area contributed by atoms with Gasteiger partial charge in [0.25, 0.3) is 0 Å². The summed E-state index contributed by atoms with van der Waals surface area (Å²) in [4.78, 5) is 11.1. The summed E-state index contributed by atoms with van der Waals surface area (Å²) in [5.41, 5.74) is 5.07. The number of H-pyrrole nitrogens is 1. The summed E-state index contributed by atoms with van der Waals surface area (Å²) in [7, 11) is 4.84. The van der Waals surface area contributed by atoms with E-state index >= 15 is 0 Å². The number of hydrogen-bond donors (Lipinski definition) is 1. The second-order valence-corrected chi connectivity index (χ2v) is 9.74. The molecule has 5 rings (SSSR count). The zero-order chi connectivity index (χ0) is 26.3. The van der Waals surface area contributed by atoms with Gasteiger partial charge in [-0.05, 0) is 68.1 Å². The number of imidazole rings is 1. The maximum Gasteiger partial charge on any atom is 0.203 e. The van der Waals surface area contributed by atoms with Crippen molar-refractivity contribution in [1.29, 1.82) is 0 Å². The van der Waals surface area contributed by atoms with Crippen LogP contribution in [-0.2, 0) is 6.42 Å². The average Bonchev–Trinajstić information content (AvgIpc) is 3.40. The van der Waals surface area contributed by atoms with E-state index in [0.29, 0.717) is 23.9 Å². The third-order valence-electron chi connectivity index (χ3n) is 7.15. The number of rotatable bonds is 11. The van der Waals surface area contributed by atoms with Gasteiger partial charge in [-0.3, -0.25) is 0 Å². The number of nitrogens with zero attached hydrogens (tertiary/aromatic N) is 2. The minimum Gasteiger partial charge on any atom is -0.493 e. The van der Waals surface area contributed by atoms with Crippen LogP contribution in [0.4, 0.5) is 0 Å². The van der Waals surface area contributed by atoms with Crippen LogP contribution in [0.15, 0.2) is 54.6 Å². The Morgan fingerprint density at radius 2 is 1.61 bits per heavy atom. The van der Waals surface area contributed by atoms with Gasteiger partial charge < -0.3 is 28.8 Å². The summed E-state index contributed by atoms with van der Waals surface area (Å²) in [5.74, 6) is 3.33. The standard InChI is InChI=1S/C31H37N3O4/c1-35-27-19-24(20-28(36-2)30(27)37-3)31-32-26-21-25(38-16-10-15-34-13-8-5-9-14-34)18-23(29(26)33-31)17-22-11-6-4-7-12-22/h4,6-7,11-12,18-21H,5,8-10,13-17H2,1-3H3,(H,32,33). The quantitative estimate of drug-likeness (QED) is 0.243. The fourth-order valence-electron chi connectivity index (χ4n) is 5.21. The zero-order valence-corrected chi connectivity index (χ0v) is 22.6. The predicted octanol–water partition coefficient (Wildman–Crippen LogP) is 6.10. The van der Waals surface area contributed by atoms with Crippen LogP contribution < -0.4 is 18.9 Å². The maximum atomic E-state index is 6.27. The molecular formula is C31H37N3O4. The molecule has 1 fully saturated rings. The van der Waals surface area contributed by atoms with Gasteiger partial charge in [0.2, 0.25) is 5.75 Å². The lowest BCUT2D eigenvalue weighted by molar-refractivity contribution is 0.205. The highest BCUT2D eigenvalue weighted by Gasteiger charge is 2.18. The van der Waals surface area contributed by atoms with Crippen LogP contribution in [0.25, 0.3) is 22.4 Å². The van der Waals surface area contributed by atoms with E-state index in [1.807, 2.05) is 18.2 Å². The third-order valence-corrected chi connectivity index (χ3v) is 7.15. The first-order valence-electron chi connectivity index (χ1n) is 13.4. The summed E-state index contributed by atoms with van der Waals surface area (Å²) >= 11 is 0. The molecule has 4 aromatic rings. The highest BCUT2D eigenvalue weighted by atomic mass is 16.5. The highest BCUT2D eigenvalue weighted by molar-refractivity contribution is 5.85. The second kappa shape index (κ2) is 12.2. The van der Waals surface area contributed by atoms with E-state index in [0.717, 1.165) is 53.1 Å². The molecule has 7 nitrogen and oxygen atoms in total.